The van der Waals surface area contributed by atoms with Crippen LogP contribution in [-0.2, 0) is 30.4 Å². The van der Waals surface area contributed by atoms with Crippen LogP contribution in [0.3, 0.4) is 0 Å². The molecule has 1 unspecified atom stereocenters. The van der Waals surface area contributed by atoms with Gasteiger partial charge in [-0.15, -0.1) is 0 Å². The molecule has 0 radical (unpaired) electrons. The van der Waals surface area contributed by atoms with Crippen LogP contribution in [0.2, 0.25) is 0 Å². The molecule has 0 aromatic heterocycles. The topological polar surface area (TPSA) is 73.9 Å². The number of amides is 1. The molecule has 0 bridgehead atoms. The molecular weight excluding hydrogens is 334 g/mol. The lowest BCUT2D eigenvalue weighted by atomic mass is 10.1. The highest BCUT2D eigenvalue weighted by Crippen LogP contribution is 2.03. The zero-order valence-corrected chi connectivity index (χ0v) is 16.0. The molecule has 1 atom stereocenters. The van der Waals surface area contributed by atoms with Crippen LogP contribution in [0.15, 0.2) is 30.3 Å². The van der Waals surface area contributed by atoms with Gasteiger partial charge < -0.3 is 19.5 Å². The Kier molecular flexibility index (Phi) is 11.3. The van der Waals surface area contributed by atoms with E-state index in [0.717, 1.165) is 12.0 Å². The van der Waals surface area contributed by atoms with E-state index in [9.17, 15) is 9.59 Å². The molecule has 1 aromatic rings. The van der Waals surface area contributed by atoms with Gasteiger partial charge in [-0.05, 0) is 31.2 Å². The zero-order chi connectivity index (χ0) is 19.2. The van der Waals surface area contributed by atoms with Gasteiger partial charge in [-0.1, -0.05) is 44.2 Å². The van der Waals surface area contributed by atoms with Crippen molar-refractivity contribution in [2.24, 2.45) is 5.92 Å². The highest BCUT2D eigenvalue weighted by Gasteiger charge is 2.16. The molecule has 0 aliphatic rings. The van der Waals surface area contributed by atoms with Gasteiger partial charge in [0, 0.05) is 19.8 Å². The van der Waals surface area contributed by atoms with Gasteiger partial charge in [-0.3, -0.25) is 4.79 Å². The van der Waals surface area contributed by atoms with Gasteiger partial charge in [0.2, 0.25) is 0 Å². The Balaban J connectivity index is 2.01. The third-order valence-corrected chi connectivity index (χ3v) is 3.64. The van der Waals surface area contributed by atoms with Crippen LogP contribution in [0, 0.1) is 5.92 Å². The van der Waals surface area contributed by atoms with E-state index in [1.807, 2.05) is 30.3 Å². The summed E-state index contributed by atoms with van der Waals surface area (Å²) in [5.41, 5.74) is 1.12. The van der Waals surface area contributed by atoms with Crippen LogP contribution < -0.4 is 5.32 Å². The molecule has 0 spiro atoms. The summed E-state index contributed by atoms with van der Waals surface area (Å²) in [5.74, 6) is -0.327. The number of benzene rings is 1. The van der Waals surface area contributed by atoms with Gasteiger partial charge in [0.25, 0.3) is 5.91 Å². The van der Waals surface area contributed by atoms with E-state index < -0.39 is 12.1 Å². The van der Waals surface area contributed by atoms with Gasteiger partial charge in [0.15, 0.2) is 12.7 Å². The first-order chi connectivity index (χ1) is 12.5. The minimum absolute atomic E-state index is 0.290. The second-order valence-corrected chi connectivity index (χ2v) is 6.54. The van der Waals surface area contributed by atoms with Crippen molar-refractivity contribution in [3.63, 3.8) is 0 Å². The van der Waals surface area contributed by atoms with Crippen LogP contribution >= 0.6 is 0 Å². The van der Waals surface area contributed by atoms with E-state index in [0.29, 0.717) is 38.7 Å². The number of carbonyl (C=O) groups excluding carboxylic acids is 2. The van der Waals surface area contributed by atoms with Crippen LogP contribution in [0.1, 0.15) is 39.2 Å². The number of hydrogen-bond acceptors (Lipinski definition) is 5. The van der Waals surface area contributed by atoms with Crippen molar-refractivity contribution in [3.05, 3.63) is 35.9 Å². The van der Waals surface area contributed by atoms with Crippen LogP contribution in [0.25, 0.3) is 0 Å². The third-order valence-electron chi connectivity index (χ3n) is 3.64. The fourth-order valence-electron chi connectivity index (χ4n) is 2.02. The quantitative estimate of drug-likeness (QED) is 0.430. The number of esters is 1. The Hall–Kier alpha value is -1.92. The SMILES string of the molecule is CC(C)CCOC(C)C(=O)OCC(=O)NCCCOCc1ccccc1. The van der Waals surface area contributed by atoms with Crippen molar-refractivity contribution < 1.29 is 23.8 Å². The van der Waals surface area contributed by atoms with E-state index in [4.69, 9.17) is 14.2 Å². The summed E-state index contributed by atoms with van der Waals surface area (Å²) in [6.45, 7) is 7.60. The molecule has 0 fully saturated rings. The van der Waals surface area contributed by atoms with Gasteiger partial charge in [0.1, 0.15) is 0 Å². The highest BCUT2D eigenvalue weighted by atomic mass is 16.6. The summed E-state index contributed by atoms with van der Waals surface area (Å²) in [4.78, 5) is 23.4. The maximum Gasteiger partial charge on any atom is 0.335 e. The first kappa shape index (κ1) is 22.1. The first-order valence-corrected chi connectivity index (χ1v) is 9.15. The predicted molar refractivity (Wildman–Crippen MR) is 99.6 cm³/mol. The molecule has 1 rings (SSSR count). The Morgan fingerprint density at radius 2 is 1.81 bits per heavy atom. The number of nitrogens with one attached hydrogen (secondary N) is 1. The van der Waals surface area contributed by atoms with Crippen molar-refractivity contribution in [2.75, 3.05) is 26.4 Å². The Bertz CT molecular complexity index is 518. The molecule has 0 heterocycles. The summed E-state index contributed by atoms with van der Waals surface area (Å²) in [5, 5.41) is 2.70. The lowest BCUT2D eigenvalue weighted by Gasteiger charge is -2.13. The van der Waals surface area contributed by atoms with Gasteiger partial charge in [0.05, 0.1) is 6.61 Å². The molecule has 0 saturated carbocycles. The maximum atomic E-state index is 11.7. The van der Waals surface area contributed by atoms with E-state index in [-0.39, 0.29) is 12.5 Å². The van der Waals surface area contributed by atoms with E-state index in [2.05, 4.69) is 19.2 Å². The fraction of sp³-hybridized carbons (Fsp3) is 0.600. The minimum atomic E-state index is -0.659. The van der Waals surface area contributed by atoms with Crippen LogP contribution in [-0.4, -0.2) is 44.3 Å². The molecule has 0 aliphatic heterocycles. The number of ether oxygens (including phenoxy) is 3. The Morgan fingerprint density at radius 3 is 2.50 bits per heavy atom. The molecule has 6 heteroatoms. The molecule has 26 heavy (non-hydrogen) atoms. The van der Waals surface area contributed by atoms with E-state index in [1.54, 1.807) is 6.92 Å². The molecule has 0 saturated heterocycles. The average molecular weight is 365 g/mol. The standard InChI is InChI=1S/C20H31NO5/c1-16(2)10-13-25-17(3)20(23)26-15-19(22)21-11-7-12-24-14-18-8-5-4-6-9-18/h4-6,8-9,16-17H,7,10-15H2,1-3H3,(H,21,22). The van der Waals surface area contributed by atoms with Gasteiger partial charge in [-0.2, -0.15) is 0 Å². The molecule has 1 N–H and O–H groups in total. The molecular formula is C20H31NO5. The summed E-state index contributed by atoms with van der Waals surface area (Å²) in [7, 11) is 0. The lowest BCUT2D eigenvalue weighted by molar-refractivity contribution is -0.159. The molecule has 6 nitrogen and oxygen atoms in total. The molecule has 0 aliphatic carbocycles. The minimum Gasteiger partial charge on any atom is -0.454 e. The summed E-state index contributed by atoms with van der Waals surface area (Å²) in [6.07, 6.45) is 0.916. The second-order valence-electron chi connectivity index (χ2n) is 6.54. The smallest absolute Gasteiger partial charge is 0.335 e. The van der Waals surface area contributed by atoms with E-state index >= 15 is 0 Å². The van der Waals surface area contributed by atoms with Gasteiger partial charge >= 0.3 is 5.97 Å². The number of carbonyl (C=O) groups is 2. The number of rotatable bonds is 13. The Labute approximate surface area is 156 Å². The highest BCUT2D eigenvalue weighted by molar-refractivity contribution is 5.81. The van der Waals surface area contributed by atoms with Crippen molar-refractivity contribution in [2.45, 2.75) is 46.3 Å². The fourth-order valence-corrected chi connectivity index (χ4v) is 2.02. The van der Waals surface area contributed by atoms with Crippen LogP contribution in [0.5, 0.6) is 0 Å². The van der Waals surface area contributed by atoms with Crippen LogP contribution in [0.4, 0.5) is 0 Å². The van der Waals surface area contributed by atoms with Crippen molar-refractivity contribution >= 4 is 11.9 Å². The third kappa shape index (κ3) is 10.8. The summed E-state index contributed by atoms with van der Waals surface area (Å²) < 4.78 is 15.9. The first-order valence-electron chi connectivity index (χ1n) is 9.15. The van der Waals surface area contributed by atoms with Crippen molar-refractivity contribution in [3.8, 4) is 0 Å². The number of hydrogen-bond donors (Lipinski definition) is 1. The predicted octanol–water partition coefficient (Wildman–Crippen LogP) is 2.70. The summed E-state index contributed by atoms with van der Waals surface area (Å²) in [6, 6.07) is 9.91. The molecule has 1 aromatic carbocycles. The zero-order valence-electron chi connectivity index (χ0n) is 16.0. The van der Waals surface area contributed by atoms with E-state index in [1.165, 1.54) is 0 Å². The maximum absolute atomic E-state index is 11.7. The lowest BCUT2D eigenvalue weighted by Crippen LogP contribution is -2.32. The van der Waals surface area contributed by atoms with Gasteiger partial charge in [-0.25, -0.2) is 4.79 Å². The van der Waals surface area contributed by atoms with Crippen molar-refractivity contribution in [1.82, 2.24) is 5.32 Å². The largest absolute Gasteiger partial charge is 0.454 e. The normalized spacial score (nSPS) is 12.0. The Morgan fingerprint density at radius 1 is 1.08 bits per heavy atom. The average Bonchev–Trinajstić information content (AvgIpc) is 2.63. The second kappa shape index (κ2) is 13.3. The monoisotopic (exact) mass is 365 g/mol. The van der Waals surface area contributed by atoms with Crippen molar-refractivity contribution in [1.29, 1.82) is 0 Å². The molecule has 1 amide bonds. The summed E-state index contributed by atoms with van der Waals surface area (Å²) >= 11 is 0. The molecule has 146 valence electrons.